The topological polar surface area (TPSA) is 83.5 Å². The zero-order chi connectivity index (χ0) is 17.1. The van der Waals surface area contributed by atoms with Gasteiger partial charge in [0.2, 0.25) is 0 Å². The monoisotopic (exact) mass is 625 g/mol. The van der Waals surface area contributed by atoms with Crippen molar-refractivity contribution in [3.05, 3.63) is 0 Å². The van der Waals surface area contributed by atoms with Gasteiger partial charge in [0, 0.05) is 72.7 Å². The van der Waals surface area contributed by atoms with E-state index in [0.29, 0.717) is 6.61 Å². The second-order valence-corrected chi connectivity index (χ2v) is 7.59. The minimum atomic E-state index is -2.70. The van der Waals surface area contributed by atoms with Crippen LogP contribution in [0.15, 0.2) is 0 Å². The molecule has 2 aliphatic heterocycles. The van der Waals surface area contributed by atoms with E-state index >= 15 is 0 Å². The summed E-state index contributed by atoms with van der Waals surface area (Å²) >= 11 is 0. The molecule has 0 amide bonds. The summed E-state index contributed by atoms with van der Waals surface area (Å²) < 4.78 is 39.5. The maximum absolute atomic E-state index is 12.1. The third kappa shape index (κ3) is 6.96. The zero-order valence-corrected chi connectivity index (χ0v) is 22.2. The molecule has 1 N–H and O–H groups in total. The van der Waals surface area contributed by atoms with Crippen molar-refractivity contribution < 1.29 is 86.7 Å². The number of aliphatic hydroxyl groups is 1. The van der Waals surface area contributed by atoms with Gasteiger partial charge in [-0.2, -0.15) is 0 Å². The maximum atomic E-state index is 12.1. The molecule has 2 fully saturated rings. The number of ether oxygens (including phenoxy) is 3. The second kappa shape index (κ2) is 12.4. The Labute approximate surface area is 190 Å². The van der Waals surface area contributed by atoms with Gasteiger partial charge in [0.1, 0.15) is 18.3 Å². The van der Waals surface area contributed by atoms with Gasteiger partial charge in [-0.05, 0) is 13.8 Å². The predicted molar refractivity (Wildman–Crippen MR) is 84.7 cm³/mol. The molecule has 2 heterocycles. The van der Waals surface area contributed by atoms with Gasteiger partial charge >= 0.3 is 8.25 Å². The summed E-state index contributed by atoms with van der Waals surface area (Å²) in [5, 5.41) is 10.0. The van der Waals surface area contributed by atoms with Gasteiger partial charge < -0.3 is 28.4 Å². The number of aliphatic hydroxyl groups excluding tert-OH is 1. The number of rotatable bonds is 7. The van der Waals surface area contributed by atoms with Crippen LogP contribution in [-0.4, -0.2) is 62.1 Å². The molecule has 2 aliphatic rings. The molecule has 7 nitrogen and oxygen atoms in total. The number of methoxy groups -OCH3 is 1. The average molecular weight is 625 g/mol. The molecule has 2 rings (SSSR count). The van der Waals surface area contributed by atoms with Crippen molar-refractivity contribution in [2.24, 2.45) is 11.8 Å². The molecule has 0 aromatic heterocycles. The fraction of sp³-hybridized carbons (Fsp3) is 1.00. The molecular formula is C15H29O7PWY. The second-order valence-electron chi connectivity index (χ2n) is 6.57. The fourth-order valence-corrected chi connectivity index (χ4v) is 4.05. The van der Waals surface area contributed by atoms with Crippen molar-refractivity contribution in [3.63, 3.8) is 0 Å². The van der Waals surface area contributed by atoms with Gasteiger partial charge in [-0.3, -0.25) is 4.57 Å². The molecular weight excluding hydrogens is 596 g/mol. The molecule has 2 saturated heterocycles. The molecule has 0 aromatic carbocycles. The molecule has 3 unspecified atom stereocenters. The first-order valence-corrected chi connectivity index (χ1v) is 9.39. The SMILES string of the molecule is COC[C@H]1O[C@@H](C)[C@@H](C)C1O[PH](=O)OC[C@H]1O[C@@H](C)[C@@H](C)C1O.[W].[Y]. The van der Waals surface area contributed by atoms with Gasteiger partial charge in [-0.15, -0.1) is 0 Å². The minimum Gasteiger partial charge on any atom is -0.390 e. The largest absolute Gasteiger partial charge is 0.390 e. The maximum Gasteiger partial charge on any atom is 0.319 e. The smallest absolute Gasteiger partial charge is 0.319 e. The first-order valence-electron chi connectivity index (χ1n) is 8.16. The molecule has 0 bridgehead atoms. The summed E-state index contributed by atoms with van der Waals surface area (Å²) in [5.41, 5.74) is 0. The summed E-state index contributed by atoms with van der Waals surface area (Å²) in [4.78, 5) is 0. The van der Waals surface area contributed by atoms with E-state index in [1.165, 1.54) is 0 Å². The summed E-state index contributed by atoms with van der Waals surface area (Å²) in [6.45, 7) is 8.21. The van der Waals surface area contributed by atoms with E-state index in [0.717, 1.165) is 0 Å². The van der Waals surface area contributed by atoms with E-state index in [1.54, 1.807) is 7.11 Å². The Morgan fingerprint density at radius 1 is 1.00 bits per heavy atom. The number of hydrogen-bond acceptors (Lipinski definition) is 7. The van der Waals surface area contributed by atoms with Crippen LogP contribution in [0.5, 0.6) is 0 Å². The van der Waals surface area contributed by atoms with E-state index in [1.807, 2.05) is 27.7 Å². The molecule has 0 aliphatic carbocycles. The standard InChI is InChI=1S/C15H29O7P.W.Y/c1-8-10(3)20-12(14(8)16)7-19-23(17)22-15-9(2)11(4)21-13(15)6-18-5;;/h8-16,23H,6-7H2,1-5H3;;/t8-,9-,10+,11+,12-,13-,14?,15?;;/m1../s1. The van der Waals surface area contributed by atoms with Crippen LogP contribution in [0.1, 0.15) is 27.7 Å². The first-order chi connectivity index (χ1) is 10.8. The van der Waals surface area contributed by atoms with Crippen molar-refractivity contribution in [2.75, 3.05) is 20.3 Å². The van der Waals surface area contributed by atoms with E-state index in [2.05, 4.69) is 0 Å². The Hall–Kier alpha value is 1.78. The quantitative estimate of drug-likeness (QED) is 0.431. The van der Waals surface area contributed by atoms with Gasteiger partial charge in [-0.1, -0.05) is 13.8 Å². The Morgan fingerprint density at radius 3 is 2.08 bits per heavy atom. The van der Waals surface area contributed by atoms with Crippen LogP contribution in [0, 0.1) is 11.8 Å². The van der Waals surface area contributed by atoms with E-state index < -0.39 is 20.5 Å². The molecule has 1 radical (unpaired) electrons. The summed E-state index contributed by atoms with van der Waals surface area (Å²) in [7, 11) is -1.11. The Balaban J connectivity index is 0.00000288. The number of hydrogen-bond donors (Lipinski definition) is 1. The van der Waals surface area contributed by atoms with Crippen LogP contribution in [0.3, 0.4) is 0 Å². The van der Waals surface area contributed by atoms with Crippen molar-refractivity contribution >= 4 is 8.25 Å². The van der Waals surface area contributed by atoms with Crippen LogP contribution in [0.2, 0.25) is 0 Å². The summed E-state index contributed by atoms with van der Waals surface area (Å²) in [6.07, 6.45) is -1.70. The molecule has 10 heteroatoms. The molecule has 0 spiro atoms. The Bertz CT molecular complexity index is 419. The fourth-order valence-electron chi connectivity index (χ4n) is 3.09. The predicted octanol–water partition coefficient (Wildman–Crippen LogP) is 1.63. The first kappa shape index (κ1) is 26.8. The van der Waals surface area contributed by atoms with E-state index in [9.17, 15) is 9.67 Å². The van der Waals surface area contributed by atoms with E-state index in [-0.39, 0.29) is 96.6 Å². The molecule has 145 valence electrons. The van der Waals surface area contributed by atoms with E-state index in [4.69, 9.17) is 23.3 Å². The molecule has 0 aromatic rings. The van der Waals surface area contributed by atoms with Crippen LogP contribution in [0.4, 0.5) is 0 Å². The van der Waals surface area contributed by atoms with Crippen LogP contribution >= 0.6 is 8.25 Å². The van der Waals surface area contributed by atoms with Gasteiger partial charge in [-0.25, -0.2) is 0 Å². The van der Waals surface area contributed by atoms with Gasteiger partial charge in [0.05, 0.1) is 31.5 Å². The third-order valence-electron chi connectivity index (χ3n) is 4.99. The minimum absolute atomic E-state index is 0. The summed E-state index contributed by atoms with van der Waals surface area (Å²) in [6, 6.07) is 0. The van der Waals surface area contributed by atoms with Gasteiger partial charge in [0.15, 0.2) is 0 Å². The summed E-state index contributed by atoms with van der Waals surface area (Å²) in [5.74, 6) is 0.128. The van der Waals surface area contributed by atoms with Crippen LogP contribution in [0.25, 0.3) is 0 Å². The molecule has 25 heavy (non-hydrogen) atoms. The Morgan fingerprint density at radius 2 is 1.56 bits per heavy atom. The van der Waals surface area contributed by atoms with Crippen LogP contribution < -0.4 is 0 Å². The normalized spacial score (nSPS) is 41.8. The van der Waals surface area contributed by atoms with Crippen LogP contribution in [-0.2, 0) is 81.6 Å². The third-order valence-corrected chi connectivity index (χ3v) is 5.86. The van der Waals surface area contributed by atoms with Crippen molar-refractivity contribution in [1.82, 2.24) is 0 Å². The Kier molecular flexibility index (Phi) is 13.2. The van der Waals surface area contributed by atoms with Crippen molar-refractivity contribution in [2.45, 2.75) is 64.3 Å². The van der Waals surface area contributed by atoms with Crippen molar-refractivity contribution in [3.8, 4) is 0 Å². The average Bonchev–Trinajstić information content (AvgIpc) is 2.91. The van der Waals surface area contributed by atoms with Crippen molar-refractivity contribution in [1.29, 1.82) is 0 Å². The van der Waals surface area contributed by atoms with Gasteiger partial charge in [0.25, 0.3) is 0 Å². The zero-order valence-electron chi connectivity index (χ0n) is 15.4. The molecule has 9 atom stereocenters. The molecule has 0 saturated carbocycles.